The Morgan fingerprint density at radius 1 is 0.571 bits per heavy atom. The number of unbranched alkanes of at least 4 members (excludes halogenated alkanes) is 12. The first-order valence-electron chi connectivity index (χ1n) is 10.2. The minimum Gasteiger partial charge on any atom is -0.0654 e. The predicted octanol–water partition coefficient (Wildman–Crippen LogP) is 8.11. The van der Waals surface area contributed by atoms with E-state index < -0.39 is 0 Å². The fourth-order valence-electron chi connectivity index (χ4n) is 3.13. The Bertz CT molecular complexity index is 173. The maximum absolute atomic E-state index is 2.64. The summed E-state index contributed by atoms with van der Waals surface area (Å²) in [6, 6.07) is 0. The first-order valence-corrected chi connectivity index (χ1v) is 10.2. The quantitative estimate of drug-likeness (QED) is 0.238. The minimum absolute atomic E-state index is 0.899. The molecule has 0 amide bonds. The van der Waals surface area contributed by atoms with Crippen molar-refractivity contribution in [2.24, 2.45) is 5.92 Å². The van der Waals surface area contributed by atoms with Crippen molar-refractivity contribution in [3.8, 4) is 0 Å². The number of rotatable bonds is 17. The van der Waals surface area contributed by atoms with Gasteiger partial charge in [-0.15, -0.1) is 0 Å². The van der Waals surface area contributed by atoms with Crippen LogP contribution in [0.25, 0.3) is 0 Å². The van der Waals surface area contributed by atoms with E-state index in [4.69, 9.17) is 0 Å². The maximum Gasteiger partial charge on any atom is -0.0355 e. The van der Waals surface area contributed by atoms with Gasteiger partial charge < -0.3 is 0 Å². The average Bonchev–Trinajstić information content (AvgIpc) is 2.51. The van der Waals surface area contributed by atoms with Gasteiger partial charge in [0.25, 0.3) is 0 Å². The van der Waals surface area contributed by atoms with Crippen LogP contribution >= 0.6 is 0 Å². The maximum atomic E-state index is 2.64. The molecule has 0 bridgehead atoms. The van der Waals surface area contributed by atoms with Gasteiger partial charge in [0, 0.05) is 0 Å². The van der Waals surface area contributed by atoms with E-state index in [9.17, 15) is 0 Å². The molecule has 1 unspecified atom stereocenters. The summed E-state index contributed by atoms with van der Waals surface area (Å²) in [7, 11) is 0. The molecule has 127 valence electrons. The zero-order chi connectivity index (χ0) is 15.6. The molecule has 0 spiro atoms. The van der Waals surface area contributed by atoms with Crippen molar-refractivity contribution in [3.05, 3.63) is 6.42 Å². The zero-order valence-electron chi connectivity index (χ0n) is 15.5. The van der Waals surface area contributed by atoms with Crippen LogP contribution in [0.3, 0.4) is 0 Å². The second-order valence-corrected chi connectivity index (χ2v) is 6.87. The molecule has 0 aliphatic heterocycles. The molecule has 0 aliphatic rings. The minimum atomic E-state index is 0.899. The van der Waals surface area contributed by atoms with Crippen LogP contribution in [0.5, 0.6) is 0 Å². The molecule has 0 aliphatic carbocycles. The first kappa shape index (κ1) is 21.0. The van der Waals surface area contributed by atoms with Crippen molar-refractivity contribution in [2.75, 3.05) is 0 Å². The number of hydrogen-bond acceptors (Lipinski definition) is 0. The lowest BCUT2D eigenvalue weighted by Crippen LogP contribution is -2.00. The van der Waals surface area contributed by atoms with Crippen molar-refractivity contribution < 1.29 is 0 Å². The van der Waals surface area contributed by atoms with E-state index in [0.29, 0.717) is 0 Å². The van der Waals surface area contributed by atoms with Gasteiger partial charge in [0.2, 0.25) is 0 Å². The highest BCUT2D eigenvalue weighted by Gasteiger charge is 2.06. The molecule has 0 aromatic carbocycles. The van der Waals surface area contributed by atoms with Gasteiger partial charge in [-0.2, -0.15) is 0 Å². The lowest BCUT2D eigenvalue weighted by molar-refractivity contribution is 0.466. The Balaban J connectivity index is 3.28. The number of hydrogen-bond donors (Lipinski definition) is 0. The van der Waals surface area contributed by atoms with E-state index in [1.165, 1.54) is 103 Å². The summed E-state index contributed by atoms with van der Waals surface area (Å²) in [5, 5.41) is 0. The van der Waals surface area contributed by atoms with Crippen molar-refractivity contribution in [1.82, 2.24) is 0 Å². The van der Waals surface area contributed by atoms with Gasteiger partial charge in [0.05, 0.1) is 0 Å². The summed E-state index contributed by atoms with van der Waals surface area (Å²) in [5.41, 5.74) is 0. The monoisotopic (exact) mass is 295 g/mol. The highest BCUT2D eigenvalue weighted by atomic mass is 14.1. The van der Waals surface area contributed by atoms with E-state index in [1.54, 1.807) is 0 Å². The fourth-order valence-corrected chi connectivity index (χ4v) is 3.13. The predicted molar refractivity (Wildman–Crippen MR) is 98.7 cm³/mol. The molecule has 21 heavy (non-hydrogen) atoms. The van der Waals surface area contributed by atoms with Crippen LogP contribution in [0.15, 0.2) is 0 Å². The van der Waals surface area contributed by atoms with Gasteiger partial charge in [0.15, 0.2) is 0 Å². The van der Waals surface area contributed by atoms with Crippen LogP contribution < -0.4 is 0 Å². The van der Waals surface area contributed by atoms with Crippen molar-refractivity contribution in [2.45, 2.75) is 124 Å². The van der Waals surface area contributed by atoms with E-state index >= 15 is 0 Å². The van der Waals surface area contributed by atoms with Crippen LogP contribution in [-0.2, 0) is 0 Å². The van der Waals surface area contributed by atoms with Gasteiger partial charge >= 0.3 is 0 Å². The van der Waals surface area contributed by atoms with Crippen LogP contribution in [0, 0.1) is 12.3 Å². The standard InChI is InChI=1S/C21H43/c1-4-7-9-11-13-14-16-18-20-21(6-3)19-17-15-12-10-8-5-2/h20-21H,4-19H2,1-3H3. The molecule has 0 nitrogen and oxygen atoms in total. The highest BCUT2D eigenvalue weighted by molar-refractivity contribution is 4.75. The van der Waals surface area contributed by atoms with Gasteiger partial charge in [-0.3, -0.25) is 0 Å². The van der Waals surface area contributed by atoms with Crippen LogP contribution in [0.4, 0.5) is 0 Å². The third-order valence-electron chi connectivity index (χ3n) is 4.76. The van der Waals surface area contributed by atoms with Crippen LogP contribution in [-0.4, -0.2) is 0 Å². The largest absolute Gasteiger partial charge is 0.0654 e. The smallest absolute Gasteiger partial charge is 0.0355 e. The molecule has 0 aromatic heterocycles. The summed E-state index contributed by atoms with van der Waals surface area (Å²) in [6.07, 6.45) is 25.5. The van der Waals surface area contributed by atoms with E-state index in [1.807, 2.05) is 0 Å². The molecule has 0 fully saturated rings. The highest BCUT2D eigenvalue weighted by Crippen LogP contribution is 2.20. The van der Waals surface area contributed by atoms with E-state index in [2.05, 4.69) is 27.2 Å². The lowest BCUT2D eigenvalue weighted by Gasteiger charge is -2.14. The van der Waals surface area contributed by atoms with Crippen molar-refractivity contribution >= 4 is 0 Å². The summed E-state index contributed by atoms with van der Waals surface area (Å²) < 4.78 is 0. The zero-order valence-corrected chi connectivity index (χ0v) is 15.5. The molecular formula is C21H43. The summed E-state index contributed by atoms with van der Waals surface area (Å²) in [6.45, 7) is 6.96. The molecule has 1 radical (unpaired) electrons. The Kier molecular flexibility index (Phi) is 18.1. The molecule has 0 saturated carbocycles. The lowest BCUT2D eigenvalue weighted by atomic mass is 9.92. The normalized spacial score (nSPS) is 12.7. The topological polar surface area (TPSA) is 0 Å². The molecule has 1 atom stereocenters. The fraction of sp³-hybridized carbons (Fsp3) is 0.952. The SMILES string of the molecule is CCCCCCCCC[CH]C(CC)CCCCCCCC. The van der Waals surface area contributed by atoms with Gasteiger partial charge in [-0.05, 0) is 18.8 Å². The van der Waals surface area contributed by atoms with Gasteiger partial charge in [-0.1, -0.05) is 117 Å². The Morgan fingerprint density at radius 2 is 1.05 bits per heavy atom. The Labute approximate surface area is 136 Å². The second kappa shape index (κ2) is 18.1. The molecule has 0 rings (SSSR count). The Morgan fingerprint density at radius 3 is 1.57 bits per heavy atom. The molecule has 0 aromatic rings. The summed E-state index contributed by atoms with van der Waals surface area (Å²) in [5.74, 6) is 0.899. The molecule has 0 saturated heterocycles. The van der Waals surface area contributed by atoms with E-state index in [-0.39, 0.29) is 0 Å². The molecule has 0 heterocycles. The van der Waals surface area contributed by atoms with Gasteiger partial charge in [-0.25, -0.2) is 0 Å². The summed E-state index contributed by atoms with van der Waals surface area (Å²) in [4.78, 5) is 0. The van der Waals surface area contributed by atoms with Gasteiger partial charge in [0.1, 0.15) is 0 Å². The van der Waals surface area contributed by atoms with Crippen molar-refractivity contribution in [3.63, 3.8) is 0 Å². The average molecular weight is 296 g/mol. The molecule has 0 heteroatoms. The molecule has 0 N–H and O–H groups in total. The van der Waals surface area contributed by atoms with Crippen LogP contribution in [0.2, 0.25) is 0 Å². The third kappa shape index (κ3) is 16.2. The molecular weight excluding hydrogens is 252 g/mol. The third-order valence-corrected chi connectivity index (χ3v) is 4.76. The second-order valence-electron chi connectivity index (χ2n) is 6.87. The summed E-state index contributed by atoms with van der Waals surface area (Å²) >= 11 is 0. The van der Waals surface area contributed by atoms with Crippen LogP contribution in [0.1, 0.15) is 124 Å². The van der Waals surface area contributed by atoms with Crippen molar-refractivity contribution in [1.29, 1.82) is 0 Å². The first-order chi connectivity index (χ1) is 10.3. The van der Waals surface area contributed by atoms with E-state index in [0.717, 1.165) is 5.92 Å². The Hall–Kier alpha value is 0.